The number of ether oxygens (including phenoxy) is 1. The van der Waals surface area contributed by atoms with Gasteiger partial charge in [0.2, 0.25) is 5.91 Å². The number of benzene rings is 3. The molecule has 8 nitrogen and oxygen atoms in total. The van der Waals surface area contributed by atoms with Crippen molar-refractivity contribution in [1.29, 1.82) is 0 Å². The molecule has 4 aromatic rings. The van der Waals surface area contributed by atoms with E-state index in [1.807, 2.05) is 53.2 Å². The van der Waals surface area contributed by atoms with E-state index in [2.05, 4.69) is 38.8 Å². The van der Waals surface area contributed by atoms with E-state index in [1.165, 1.54) is 0 Å². The van der Waals surface area contributed by atoms with E-state index < -0.39 is 6.09 Å². The average molecular weight is 717 g/mol. The Morgan fingerprint density at radius 2 is 1.62 bits per heavy atom. The molecule has 0 fully saturated rings. The summed E-state index contributed by atoms with van der Waals surface area (Å²) < 4.78 is 8.00. The molecule has 0 aliphatic heterocycles. The number of aromatic nitrogens is 1. The zero-order chi connectivity index (χ0) is 27.6. The number of anilines is 2. The fourth-order valence-electron chi connectivity index (χ4n) is 4.15. The summed E-state index contributed by atoms with van der Waals surface area (Å²) in [6.07, 6.45) is 4.14. The zero-order valence-electron chi connectivity index (χ0n) is 22.0. The van der Waals surface area contributed by atoms with E-state index >= 15 is 0 Å². The van der Waals surface area contributed by atoms with E-state index in [0.717, 1.165) is 28.2 Å². The molecule has 3 amide bonds. The Balaban J connectivity index is 0.00000441. The molecule has 0 bridgehead atoms. The summed E-state index contributed by atoms with van der Waals surface area (Å²) in [7, 11) is 0. The van der Waals surface area contributed by atoms with Gasteiger partial charge in [-0.25, -0.2) is 9.36 Å². The van der Waals surface area contributed by atoms with Crippen molar-refractivity contribution in [3.63, 3.8) is 0 Å². The predicted octanol–water partition coefficient (Wildman–Crippen LogP) is 2.46. The highest BCUT2D eigenvalue weighted by Crippen LogP contribution is 2.23. The van der Waals surface area contributed by atoms with Crippen molar-refractivity contribution in [2.45, 2.75) is 26.3 Å². The monoisotopic (exact) mass is 716 g/mol. The Bertz CT molecular complexity index is 1490. The molecular weight excluding hydrogens is 687 g/mol. The van der Waals surface area contributed by atoms with Crippen LogP contribution in [0, 0.1) is 0 Å². The van der Waals surface area contributed by atoms with Crippen molar-refractivity contribution in [2.24, 2.45) is 0 Å². The number of hydrogen-bond donors (Lipinski definition) is 3. The average Bonchev–Trinajstić information content (AvgIpc) is 2.92. The maximum Gasteiger partial charge on any atom is 0.411 e. The molecule has 0 unspecified atom stereocenters. The minimum Gasteiger partial charge on any atom is -1.00 e. The minimum absolute atomic E-state index is 0. The molecule has 0 aliphatic rings. The highest BCUT2D eigenvalue weighted by Gasteiger charge is 2.16. The number of carbonyl (C=O) groups excluding carboxylic acids is 3. The normalized spacial score (nSPS) is 10.3. The predicted molar refractivity (Wildman–Crippen MR) is 155 cm³/mol. The smallest absolute Gasteiger partial charge is 0.411 e. The summed E-state index contributed by atoms with van der Waals surface area (Å²) in [6.45, 7) is 3.04. The Kier molecular flexibility index (Phi) is 11.9. The summed E-state index contributed by atoms with van der Waals surface area (Å²) in [5.74, 6) is -0.516. The van der Waals surface area contributed by atoms with Crippen LogP contribution in [-0.2, 0) is 22.5 Å². The summed E-state index contributed by atoms with van der Waals surface area (Å²) in [5, 5.41) is 10.3. The Morgan fingerprint density at radius 3 is 2.45 bits per heavy atom. The Hall–Kier alpha value is -3.51. The van der Waals surface area contributed by atoms with Crippen LogP contribution in [-0.4, -0.2) is 31.1 Å². The maximum atomic E-state index is 12.9. The number of para-hydroxylation sites is 1. The standard InChI is InChI=1S/C30H29BrN4O4.HI/c1-2-15-35-19-23(17-24(31)20-35)29(37)33-26-12-6-4-9-22(26)18-28(36)32-14-16-39-30(38)34-27-13-7-10-21-8-3-5-11-25(21)27;/h3-13,17,19-20H,2,14-16,18H2,1H3,(H2-,32,33,34,36,37,38);1H. The third kappa shape index (κ3) is 8.75. The van der Waals surface area contributed by atoms with Gasteiger partial charge in [0.15, 0.2) is 12.4 Å². The second kappa shape index (κ2) is 15.3. The lowest BCUT2D eigenvalue weighted by Gasteiger charge is -2.12. The second-order valence-corrected chi connectivity index (χ2v) is 9.82. The van der Waals surface area contributed by atoms with Gasteiger partial charge >= 0.3 is 6.09 Å². The van der Waals surface area contributed by atoms with Crippen LogP contribution in [0.2, 0.25) is 0 Å². The first-order valence-electron chi connectivity index (χ1n) is 12.7. The lowest BCUT2D eigenvalue weighted by atomic mass is 10.1. The summed E-state index contributed by atoms with van der Waals surface area (Å²) in [6, 6.07) is 22.3. The van der Waals surface area contributed by atoms with Gasteiger partial charge in [-0.3, -0.25) is 14.9 Å². The molecule has 0 saturated heterocycles. The number of carbonyl (C=O) groups is 3. The second-order valence-electron chi connectivity index (χ2n) is 8.91. The molecule has 0 radical (unpaired) electrons. The molecule has 3 aromatic carbocycles. The summed E-state index contributed by atoms with van der Waals surface area (Å²) in [4.78, 5) is 37.8. The molecule has 0 aliphatic carbocycles. The molecule has 1 aromatic heterocycles. The zero-order valence-corrected chi connectivity index (χ0v) is 25.7. The maximum absolute atomic E-state index is 12.9. The highest BCUT2D eigenvalue weighted by molar-refractivity contribution is 9.10. The van der Waals surface area contributed by atoms with Crippen molar-refractivity contribution in [1.82, 2.24) is 5.32 Å². The Morgan fingerprint density at radius 1 is 0.900 bits per heavy atom. The van der Waals surface area contributed by atoms with Crippen LogP contribution >= 0.6 is 15.9 Å². The Labute approximate surface area is 258 Å². The quantitative estimate of drug-likeness (QED) is 0.134. The largest absolute Gasteiger partial charge is 1.00 e. The van der Waals surface area contributed by atoms with Crippen LogP contribution < -0.4 is 44.5 Å². The molecular formula is C30H30BrIN4O4. The first-order valence-corrected chi connectivity index (χ1v) is 13.5. The van der Waals surface area contributed by atoms with Gasteiger partial charge in [0, 0.05) is 17.5 Å². The third-order valence-corrected chi connectivity index (χ3v) is 6.37. The number of hydrogen-bond acceptors (Lipinski definition) is 4. The molecule has 208 valence electrons. The minimum atomic E-state index is -0.596. The van der Waals surface area contributed by atoms with Gasteiger partial charge in [0.1, 0.15) is 18.7 Å². The van der Waals surface area contributed by atoms with Gasteiger partial charge in [-0.1, -0.05) is 61.5 Å². The number of nitrogens with zero attached hydrogens (tertiary/aromatic N) is 1. The molecule has 0 atom stereocenters. The van der Waals surface area contributed by atoms with Crippen molar-refractivity contribution in [3.8, 4) is 0 Å². The van der Waals surface area contributed by atoms with E-state index in [9.17, 15) is 14.4 Å². The van der Waals surface area contributed by atoms with Crippen LogP contribution in [0.1, 0.15) is 29.3 Å². The van der Waals surface area contributed by atoms with Crippen molar-refractivity contribution in [2.75, 3.05) is 23.8 Å². The first-order chi connectivity index (χ1) is 18.9. The van der Waals surface area contributed by atoms with Crippen LogP contribution in [0.5, 0.6) is 0 Å². The van der Waals surface area contributed by atoms with Gasteiger partial charge in [-0.05, 0) is 45.1 Å². The molecule has 4 rings (SSSR count). The summed E-state index contributed by atoms with van der Waals surface area (Å²) in [5.41, 5.74) is 2.40. The van der Waals surface area contributed by atoms with Crippen LogP contribution in [0.25, 0.3) is 10.8 Å². The number of aryl methyl sites for hydroxylation is 1. The molecule has 40 heavy (non-hydrogen) atoms. The molecule has 10 heteroatoms. The molecule has 1 heterocycles. The number of fused-ring (bicyclic) bond motifs is 1. The number of halogens is 2. The first kappa shape index (κ1) is 31.0. The lowest BCUT2D eigenvalue weighted by molar-refractivity contribution is -0.697. The lowest BCUT2D eigenvalue weighted by Crippen LogP contribution is -3.00. The number of rotatable bonds is 10. The van der Waals surface area contributed by atoms with Gasteiger partial charge in [0.25, 0.3) is 5.91 Å². The van der Waals surface area contributed by atoms with Gasteiger partial charge in [0.05, 0.1) is 23.1 Å². The fraction of sp³-hybridized carbons (Fsp3) is 0.200. The van der Waals surface area contributed by atoms with Crippen LogP contribution in [0.4, 0.5) is 16.2 Å². The number of pyridine rings is 1. The van der Waals surface area contributed by atoms with E-state index in [0.29, 0.717) is 22.5 Å². The van der Waals surface area contributed by atoms with Gasteiger partial charge in [-0.15, -0.1) is 0 Å². The van der Waals surface area contributed by atoms with E-state index in [4.69, 9.17) is 4.74 Å². The number of amides is 3. The van der Waals surface area contributed by atoms with E-state index in [1.54, 1.807) is 36.5 Å². The molecule has 0 saturated carbocycles. The third-order valence-electron chi connectivity index (χ3n) is 5.93. The SMILES string of the molecule is CCC[n+]1cc(Br)cc(C(=O)Nc2ccccc2CC(=O)NCCOC(=O)Nc2cccc3ccccc23)c1.[I-]. The van der Waals surface area contributed by atoms with Gasteiger partial charge < -0.3 is 39.3 Å². The van der Waals surface area contributed by atoms with Crippen LogP contribution in [0.15, 0.2) is 89.7 Å². The van der Waals surface area contributed by atoms with Crippen LogP contribution in [0.3, 0.4) is 0 Å². The van der Waals surface area contributed by atoms with Crippen molar-refractivity contribution >= 4 is 56.0 Å². The van der Waals surface area contributed by atoms with E-state index in [-0.39, 0.29) is 55.4 Å². The molecule has 3 N–H and O–H groups in total. The van der Waals surface area contributed by atoms with Gasteiger partial charge in [-0.2, -0.15) is 0 Å². The van der Waals surface area contributed by atoms with Crippen molar-refractivity contribution in [3.05, 3.63) is 101 Å². The topological polar surface area (TPSA) is 100 Å². The summed E-state index contributed by atoms with van der Waals surface area (Å²) >= 11 is 3.46. The van der Waals surface area contributed by atoms with Crippen molar-refractivity contribution < 1.29 is 47.7 Å². The molecule has 0 spiro atoms. The fourth-order valence-corrected chi connectivity index (χ4v) is 4.66. The number of nitrogens with one attached hydrogen (secondary N) is 3. The highest BCUT2D eigenvalue weighted by atomic mass is 127.